The van der Waals surface area contributed by atoms with Gasteiger partial charge in [0.1, 0.15) is 53.9 Å². The summed E-state index contributed by atoms with van der Waals surface area (Å²) < 4.78 is 29.7. The van der Waals surface area contributed by atoms with E-state index in [1.54, 1.807) is 6.92 Å². The smallest absolute Gasteiger partial charge is 0.317 e. The first kappa shape index (κ1) is 40.5. The summed E-state index contributed by atoms with van der Waals surface area (Å²) in [6.07, 6.45) is -8.01. The maximum absolute atomic E-state index is 13.7. The molecule has 4 saturated heterocycles. The van der Waals surface area contributed by atoms with Gasteiger partial charge in [-0.15, -0.1) is 0 Å². The number of aliphatic hydroxyl groups is 8. The van der Waals surface area contributed by atoms with Gasteiger partial charge in [0.25, 0.3) is 0 Å². The maximum atomic E-state index is 13.7. The predicted molar refractivity (Wildman–Crippen MR) is 192 cm³/mol. The Hall–Kier alpha value is -1.27. The molecule has 0 unspecified atom stereocenters. The Bertz CT molecular complexity index is 1580. The minimum Gasteiger partial charge on any atom is -0.455 e. The first-order chi connectivity index (χ1) is 25.5. The lowest BCUT2D eigenvalue weighted by atomic mass is 9.33. The molecular weight excluding hydrogens is 716 g/mol. The van der Waals surface area contributed by atoms with Crippen LogP contribution in [0.4, 0.5) is 0 Å². The molecule has 14 heteroatoms. The largest absolute Gasteiger partial charge is 0.455 e. The van der Waals surface area contributed by atoms with Gasteiger partial charge in [-0.3, -0.25) is 4.79 Å². The minimum absolute atomic E-state index is 0.133. The summed E-state index contributed by atoms with van der Waals surface area (Å²) in [5, 5.41) is 87.5. The molecule has 4 heterocycles. The van der Waals surface area contributed by atoms with Crippen molar-refractivity contribution < 1.29 is 69.3 Å². The van der Waals surface area contributed by atoms with Crippen molar-refractivity contribution in [3.05, 3.63) is 11.1 Å². The molecule has 0 aromatic rings. The number of rotatable bonds is 5. The average Bonchev–Trinajstić information content (AvgIpc) is 3.11. The van der Waals surface area contributed by atoms with Crippen LogP contribution in [0.5, 0.6) is 0 Å². The molecule has 4 saturated carbocycles. The third-order valence-corrected chi connectivity index (χ3v) is 17.6. The fourth-order valence-corrected chi connectivity index (χ4v) is 13.9. The van der Waals surface area contributed by atoms with Crippen LogP contribution in [0.15, 0.2) is 11.1 Å². The van der Waals surface area contributed by atoms with Gasteiger partial charge in [0.05, 0.1) is 30.8 Å². The second-order valence-electron chi connectivity index (χ2n) is 20.3. The summed E-state index contributed by atoms with van der Waals surface area (Å²) in [5.41, 5.74) is -3.02. The van der Waals surface area contributed by atoms with Gasteiger partial charge < -0.3 is 64.5 Å². The average molecular weight is 781 g/mol. The van der Waals surface area contributed by atoms with Crippen molar-refractivity contribution in [2.24, 2.45) is 38.9 Å². The maximum Gasteiger partial charge on any atom is 0.317 e. The first-order valence-corrected chi connectivity index (χ1v) is 20.5. The van der Waals surface area contributed by atoms with Crippen molar-refractivity contribution in [2.45, 2.75) is 185 Å². The van der Waals surface area contributed by atoms with E-state index in [-0.39, 0.29) is 41.3 Å². The number of carbonyl (C=O) groups excluding carboxylic acids is 1. The third kappa shape index (κ3) is 5.25. The number of carbonyl (C=O) groups is 1. The van der Waals surface area contributed by atoms with E-state index < -0.39 is 95.5 Å². The van der Waals surface area contributed by atoms with Crippen molar-refractivity contribution in [3.8, 4) is 0 Å². The van der Waals surface area contributed by atoms with Crippen LogP contribution < -0.4 is 0 Å². The normalized spacial score (nSPS) is 57.2. The first-order valence-electron chi connectivity index (χ1n) is 20.5. The van der Waals surface area contributed by atoms with Crippen LogP contribution in [0.25, 0.3) is 0 Å². The molecule has 8 N–H and O–H groups in total. The van der Waals surface area contributed by atoms with Crippen molar-refractivity contribution in [1.82, 2.24) is 0 Å². The Morgan fingerprint density at radius 1 is 0.764 bits per heavy atom. The standard InChI is InChI=1S/C41H64O14/c1-35(2)22-8-11-37(4)23(16-19(43)25-31-40(7,50)39(6)13-15-41(31,34(49)55-39)14-12-38(25,37)5)36(22,3)10-9-24(35)53-32-29(48)30(20(44)18-51-32)54-33-28(47)27(46)26(45)21(17-42)52-33/h19-24,26-30,32-33,42-48,50H,8-18H2,1-7H3/t19-,20+,21-,22+,23-,24+,26-,27+,28-,29-,30+,32+,33+,36+,37-,38-,39+,40+,41-/m1/s1. The number of fused-ring (bicyclic) bond motifs is 7. The lowest BCUT2D eigenvalue weighted by molar-refractivity contribution is -0.357. The Morgan fingerprint density at radius 3 is 2.13 bits per heavy atom. The molecule has 2 bridgehead atoms. The summed E-state index contributed by atoms with van der Waals surface area (Å²) in [7, 11) is 0. The Morgan fingerprint density at radius 2 is 1.45 bits per heavy atom. The van der Waals surface area contributed by atoms with Gasteiger partial charge in [0.2, 0.25) is 0 Å². The molecule has 0 aromatic carbocycles. The van der Waals surface area contributed by atoms with Gasteiger partial charge in [-0.25, -0.2) is 0 Å². The van der Waals surface area contributed by atoms with Crippen molar-refractivity contribution >= 4 is 5.97 Å². The molecule has 8 fully saturated rings. The van der Waals surface area contributed by atoms with Crippen LogP contribution in [-0.2, 0) is 28.5 Å². The Labute approximate surface area is 323 Å². The molecular formula is C41H64O14. The molecule has 0 aromatic heterocycles. The molecule has 55 heavy (non-hydrogen) atoms. The van der Waals surface area contributed by atoms with Gasteiger partial charge in [0, 0.05) is 0 Å². The van der Waals surface area contributed by atoms with Gasteiger partial charge >= 0.3 is 5.97 Å². The lowest BCUT2D eigenvalue weighted by Crippen LogP contribution is -2.72. The van der Waals surface area contributed by atoms with E-state index in [9.17, 15) is 45.6 Å². The van der Waals surface area contributed by atoms with E-state index in [1.165, 1.54) is 0 Å². The zero-order valence-corrected chi connectivity index (χ0v) is 33.3. The monoisotopic (exact) mass is 780 g/mol. The van der Waals surface area contributed by atoms with Crippen LogP contribution >= 0.6 is 0 Å². The van der Waals surface area contributed by atoms with E-state index in [1.807, 2.05) is 6.92 Å². The van der Waals surface area contributed by atoms with Crippen LogP contribution in [-0.4, -0.2) is 139 Å². The van der Waals surface area contributed by atoms with Crippen LogP contribution in [0.2, 0.25) is 0 Å². The number of ether oxygens (including phenoxy) is 5. The number of aliphatic hydroxyl groups excluding tert-OH is 7. The van der Waals surface area contributed by atoms with E-state index >= 15 is 0 Å². The zero-order chi connectivity index (χ0) is 40.1. The number of hydrogen-bond donors (Lipinski definition) is 8. The summed E-state index contributed by atoms with van der Waals surface area (Å²) in [5.74, 6) is 0.0430. The molecule has 1 spiro atoms. The highest BCUT2D eigenvalue weighted by Crippen LogP contribution is 2.77. The highest BCUT2D eigenvalue weighted by molar-refractivity contribution is 5.86. The van der Waals surface area contributed by atoms with E-state index in [4.69, 9.17) is 23.7 Å². The minimum atomic E-state index is -1.71. The van der Waals surface area contributed by atoms with Gasteiger partial charge in [-0.1, -0.05) is 34.6 Å². The number of hydrogen-bond acceptors (Lipinski definition) is 14. The van der Waals surface area contributed by atoms with Gasteiger partial charge in [0.15, 0.2) is 12.6 Å². The zero-order valence-electron chi connectivity index (χ0n) is 33.3. The van der Waals surface area contributed by atoms with E-state index in [0.717, 1.165) is 36.8 Å². The van der Waals surface area contributed by atoms with Crippen LogP contribution in [0.1, 0.15) is 106 Å². The van der Waals surface area contributed by atoms with E-state index in [0.29, 0.717) is 32.1 Å². The molecule has 0 amide bonds. The fourth-order valence-electron chi connectivity index (χ4n) is 13.9. The lowest BCUT2D eigenvalue weighted by Gasteiger charge is -2.73. The molecule has 14 nitrogen and oxygen atoms in total. The SMILES string of the molecule is CC1(C)[C@@H](O[C@@H]2OC[C@H](O)[C@H](O[C@@H]3O[C@H](CO)[C@@H](O)[C@H](O)[C@H]3O)[C@H]2O)CC[C@]2(C)[C@H]3C[C@@H](O)C4=C5[C@]6(CC[C@](C)(OC6=O)[C@@]5(C)O)CC[C@@]4(C)[C@]3(C)CC[C@@H]12. The summed E-state index contributed by atoms with van der Waals surface area (Å²) in [6.45, 7) is 14.1. The second-order valence-corrected chi connectivity index (χ2v) is 20.3. The van der Waals surface area contributed by atoms with Crippen LogP contribution in [0, 0.1) is 38.9 Å². The van der Waals surface area contributed by atoms with Crippen LogP contribution in [0.3, 0.4) is 0 Å². The highest BCUT2D eigenvalue weighted by Gasteiger charge is 2.75. The molecule has 4 aliphatic heterocycles. The number of esters is 1. The fraction of sp³-hybridized carbons (Fsp3) is 0.927. The van der Waals surface area contributed by atoms with Crippen molar-refractivity contribution in [1.29, 1.82) is 0 Å². The quantitative estimate of drug-likeness (QED) is 0.112. The topological polar surface area (TPSA) is 225 Å². The van der Waals surface area contributed by atoms with Gasteiger partial charge in [-0.2, -0.15) is 0 Å². The van der Waals surface area contributed by atoms with Crippen molar-refractivity contribution in [2.75, 3.05) is 13.2 Å². The Balaban J connectivity index is 1.04. The summed E-state index contributed by atoms with van der Waals surface area (Å²) in [6, 6.07) is 0. The molecule has 19 atom stereocenters. The highest BCUT2D eigenvalue weighted by atomic mass is 16.7. The third-order valence-electron chi connectivity index (χ3n) is 17.6. The predicted octanol–water partition coefficient (Wildman–Crippen LogP) is 1.20. The molecule has 9 aliphatic rings. The van der Waals surface area contributed by atoms with Crippen molar-refractivity contribution in [3.63, 3.8) is 0 Å². The van der Waals surface area contributed by atoms with E-state index in [2.05, 4.69) is 34.6 Å². The summed E-state index contributed by atoms with van der Waals surface area (Å²) >= 11 is 0. The van der Waals surface area contributed by atoms with Gasteiger partial charge in [-0.05, 0) is 116 Å². The Kier molecular flexibility index (Phi) is 9.47. The molecule has 0 radical (unpaired) electrons. The molecule has 9 rings (SSSR count). The summed E-state index contributed by atoms with van der Waals surface area (Å²) in [4.78, 5) is 13.7. The molecule has 312 valence electrons. The second kappa shape index (κ2) is 12.9. The molecule has 5 aliphatic carbocycles.